The second kappa shape index (κ2) is 7.40. The van der Waals surface area contributed by atoms with Gasteiger partial charge in [0.2, 0.25) is 0 Å². The standard InChI is InChI=1S/C21H23N3O3/c1-15-20(16(2)27-22-15)18-12-19(23-8-10-26-11-9-23)21(25)24(14-18)13-17-6-4-3-5-7-17/h3-7,12,14H,8-11,13H2,1-2H3. The first-order chi connectivity index (χ1) is 13.1. The van der Waals surface area contributed by atoms with E-state index >= 15 is 0 Å². The van der Waals surface area contributed by atoms with Crippen molar-refractivity contribution >= 4 is 5.69 Å². The second-order valence-corrected chi connectivity index (χ2v) is 6.83. The van der Waals surface area contributed by atoms with Crippen molar-refractivity contribution in [3.05, 3.63) is 70.0 Å². The van der Waals surface area contributed by atoms with Gasteiger partial charge in [-0.2, -0.15) is 0 Å². The quantitative estimate of drug-likeness (QED) is 0.711. The van der Waals surface area contributed by atoms with Gasteiger partial charge in [0.15, 0.2) is 0 Å². The number of pyridine rings is 1. The molecule has 1 aliphatic heterocycles. The van der Waals surface area contributed by atoms with E-state index in [9.17, 15) is 4.79 Å². The molecule has 0 amide bonds. The molecule has 0 N–H and O–H groups in total. The van der Waals surface area contributed by atoms with Gasteiger partial charge in [0.05, 0.1) is 25.5 Å². The summed E-state index contributed by atoms with van der Waals surface area (Å²) in [6, 6.07) is 12.0. The first kappa shape index (κ1) is 17.5. The van der Waals surface area contributed by atoms with E-state index in [1.165, 1.54) is 0 Å². The molecule has 1 aromatic carbocycles. The predicted octanol–water partition coefficient (Wildman–Crippen LogP) is 3.01. The minimum Gasteiger partial charge on any atom is -0.378 e. The zero-order chi connectivity index (χ0) is 18.8. The molecule has 0 atom stereocenters. The highest BCUT2D eigenvalue weighted by Gasteiger charge is 2.20. The number of ether oxygens (including phenoxy) is 1. The third kappa shape index (κ3) is 3.53. The summed E-state index contributed by atoms with van der Waals surface area (Å²) in [5, 5.41) is 4.07. The Morgan fingerprint density at radius 2 is 1.85 bits per heavy atom. The van der Waals surface area contributed by atoms with Crippen LogP contribution < -0.4 is 10.5 Å². The monoisotopic (exact) mass is 365 g/mol. The van der Waals surface area contributed by atoms with Crippen molar-refractivity contribution in [2.75, 3.05) is 31.2 Å². The molecule has 6 heteroatoms. The minimum atomic E-state index is 0.0104. The molecule has 0 aliphatic carbocycles. The maximum Gasteiger partial charge on any atom is 0.274 e. The van der Waals surface area contributed by atoms with Crippen molar-refractivity contribution in [2.24, 2.45) is 0 Å². The summed E-state index contributed by atoms with van der Waals surface area (Å²) in [6.45, 7) is 7.04. The van der Waals surface area contributed by atoms with E-state index in [-0.39, 0.29) is 5.56 Å². The molecule has 1 aliphatic rings. The van der Waals surface area contributed by atoms with Crippen molar-refractivity contribution in [3.8, 4) is 11.1 Å². The van der Waals surface area contributed by atoms with E-state index in [0.717, 1.165) is 28.1 Å². The zero-order valence-corrected chi connectivity index (χ0v) is 15.6. The number of nitrogens with zero attached hydrogens (tertiary/aromatic N) is 3. The highest BCUT2D eigenvalue weighted by molar-refractivity contribution is 5.70. The van der Waals surface area contributed by atoms with Gasteiger partial charge in [0.1, 0.15) is 11.4 Å². The van der Waals surface area contributed by atoms with E-state index in [2.05, 4.69) is 10.1 Å². The van der Waals surface area contributed by atoms with Crippen LogP contribution in [0.15, 0.2) is 51.9 Å². The van der Waals surface area contributed by atoms with Crippen LogP contribution in [0.1, 0.15) is 17.0 Å². The fourth-order valence-corrected chi connectivity index (χ4v) is 3.58. The van der Waals surface area contributed by atoms with Crippen LogP contribution in [-0.2, 0) is 11.3 Å². The normalized spacial score (nSPS) is 14.5. The molecule has 0 spiro atoms. The molecule has 3 aromatic rings. The molecule has 2 aromatic heterocycles. The third-order valence-electron chi connectivity index (χ3n) is 4.94. The maximum atomic E-state index is 13.2. The Morgan fingerprint density at radius 1 is 1.11 bits per heavy atom. The Labute approximate surface area is 158 Å². The number of aromatic nitrogens is 2. The number of morpholine rings is 1. The molecule has 4 rings (SSSR count). The van der Waals surface area contributed by atoms with Gasteiger partial charge in [-0.05, 0) is 25.5 Å². The predicted molar refractivity (Wildman–Crippen MR) is 104 cm³/mol. The molecule has 140 valence electrons. The Bertz CT molecular complexity index is 966. The van der Waals surface area contributed by atoms with Crippen molar-refractivity contribution in [1.29, 1.82) is 0 Å². The average molecular weight is 365 g/mol. The smallest absolute Gasteiger partial charge is 0.274 e. The molecule has 0 unspecified atom stereocenters. The molecule has 0 radical (unpaired) electrons. The summed E-state index contributed by atoms with van der Waals surface area (Å²) < 4.78 is 12.6. The van der Waals surface area contributed by atoms with Crippen LogP contribution in [0.25, 0.3) is 11.1 Å². The second-order valence-electron chi connectivity index (χ2n) is 6.83. The Kier molecular flexibility index (Phi) is 4.81. The zero-order valence-electron chi connectivity index (χ0n) is 15.6. The van der Waals surface area contributed by atoms with Gasteiger partial charge >= 0.3 is 0 Å². The van der Waals surface area contributed by atoms with Crippen LogP contribution in [0.2, 0.25) is 0 Å². The lowest BCUT2D eigenvalue weighted by Gasteiger charge is -2.29. The first-order valence-electron chi connectivity index (χ1n) is 9.18. The molecule has 27 heavy (non-hydrogen) atoms. The number of anilines is 1. The van der Waals surface area contributed by atoms with Crippen molar-refractivity contribution < 1.29 is 9.26 Å². The summed E-state index contributed by atoms with van der Waals surface area (Å²) in [5.41, 5.74) is 4.52. The molecule has 0 saturated carbocycles. The topological polar surface area (TPSA) is 60.5 Å². The number of benzene rings is 1. The van der Waals surface area contributed by atoms with E-state index in [4.69, 9.17) is 9.26 Å². The van der Waals surface area contributed by atoms with E-state index < -0.39 is 0 Å². The number of hydrogen-bond donors (Lipinski definition) is 0. The van der Waals surface area contributed by atoms with Crippen LogP contribution in [0.5, 0.6) is 0 Å². The number of aryl methyl sites for hydroxylation is 2. The van der Waals surface area contributed by atoms with Gasteiger partial charge in [-0.1, -0.05) is 35.5 Å². The molecule has 6 nitrogen and oxygen atoms in total. The van der Waals surface area contributed by atoms with Crippen molar-refractivity contribution in [3.63, 3.8) is 0 Å². The van der Waals surface area contributed by atoms with Gasteiger partial charge in [-0.15, -0.1) is 0 Å². The van der Waals surface area contributed by atoms with Gasteiger partial charge in [0, 0.05) is 30.4 Å². The summed E-state index contributed by atoms with van der Waals surface area (Å²) in [4.78, 5) is 15.3. The van der Waals surface area contributed by atoms with Crippen molar-refractivity contribution in [1.82, 2.24) is 9.72 Å². The fourth-order valence-electron chi connectivity index (χ4n) is 3.58. The Hall–Kier alpha value is -2.86. The number of hydrogen-bond acceptors (Lipinski definition) is 5. The van der Waals surface area contributed by atoms with Crippen LogP contribution in [0.3, 0.4) is 0 Å². The van der Waals surface area contributed by atoms with Crippen molar-refractivity contribution in [2.45, 2.75) is 20.4 Å². The summed E-state index contributed by atoms with van der Waals surface area (Å²) in [5.74, 6) is 0.755. The molecular formula is C21H23N3O3. The molecule has 1 fully saturated rings. The molecule has 0 bridgehead atoms. The largest absolute Gasteiger partial charge is 0.378 e. The van der Waals surface area contributed by atoms with Gasteiger partial charge in [-0.25, -0.2) is 0 Å². The first-order valence-corrected chi connectivity index (χ1v) is 9.18. The van der Waals surface area contributed by atoms with Gasteiger partial charge in [-0.3, -0.25) is 4.79 Å². The highest BCUT2D eigenvalue weighted by Crippen LogP contribution is 2.29. The summed E-state index contributed by atoms with van der Waals surface area (Å²) >= 11 is 0. The molecule has 3 heterocycles. The van der Waals surface area contributed by atoms with E-state index in [0.29, 0.717) is 38.5 Å². The average Bonchev–Trinajstić information content (AvgIpc) is 3.03. The lowest BCUT2D eigenvalue weighted by molar-refractivity contribution is 0.122. The van der Waals surface area contributed by atoms with Crippen LogP contribution in [0.4, 0.5) is 5.69 Å². The summed E-state index contributed by atoms with van der Waals surface area (Å²) in [7, 11) is 0. The third-order valence-corrected chi connectivity index (χ3v) is 4.94. The van der Waals surface area contributed by atoms with E-state index in [1.54, 1.807) is 4.57 Å². The minimum absolute atomic E-state index is 0.0104. The van der Waals surface area contributed by atoms with Crippen LogP contribution in [-0.4, -0.2) is 36.0 Å². The lowest BCUT2D eigenvalue weighted by atomic mass is 10.1. The molecular weight excluding hydrogens is 342 g/mol. The molecule has 1 saturated heterocycles. The highest BCUT2D eigenvalue weighted by atomic mass is 16.5. The maximum absolute atomic E-state index is 13.2. The van der Waals surface area contributed by atoms with E-state index in [1.807, 2.05) is 56.4 Å². The van der Waals surface area contributed by atoms with Gasteiger partial charge < -0.3 is 18.7 Å². The SMILES string of the molecule is Cc1noc(C)c1-c1cc(N2CCOCC2)c(=O)n(Cc2ccccc2)c1. The van der Waals surface area contributed by atoms with Crippen LogP contribution >= 0.6 is 0 Å². The number of rotatable bonds is 4. The lowest BCUT2D eigenvalue weighted by Crippen LogP contribution is -2.40. The Balaban J connectivity index is 1.84. The summed E-state index contributed by atoms with van der Waals surface area (Å²) in [6.07, 6.45) is 1.91. The fraction of sp³-hybridized carbons (Fsp3) is 0.333. The Morgan fingerprint density at radius 3 is 2.52 bits per heavy atom. The van der Waals surface area contributed by atoms with Crippen LogP contribution in [0, 0.1) is 13.8 Å². The van der Waals surface area contributed by atoms with Gasteiger partial charge in [0.25, 0.3) is 5.56 Å².